The number of amides is 2. The van der Waals surface area contributed by atoms with E-state index in [1.54, 1.807) is 4.90 Å². The first-order valence-corrected chi connectivity index (χ1v) is 7.52. The third-order valence-corrected chi connectivity index (χ3v) is 4.22. The lowest BCUT2D eigenvalue weighted by molar-refractivity contribution is -0.136. The molecule has 21 heavy (non-hydrogen) atoms. The molecule has 2 rings (SSSR count). The van der Waals surface area contributed by atoms with E-state index in [0.29, 0.717) is 13.1 Å². The van der Waals surface area contributed by atoms with Gasteiger partial charge in [-0.25, -0.2) is 0 Å². The van der Waals surface area contributed by atoms with E-state index in [-0.39, 0.29) is 23.3 Å². The molecule has 0 saturated carbocycles. The van der Waals surface area contributed by atoms with E-state index in [4.69, 9.17) is 0 Å². The second-order valence-electron chi connectivity index (χ2n) is 6.34. The monoisotopic (exact) mass is 288 g/mol. The minimum absolute atomic E-state index is 0.0185. The van der Waals surface area contributed by atoms with Gasteiger partial charge >= 0.3 is 0 Å². The molecule has 1 unspecified atom stereocenters. The number of nitrogens with one attached hydrogen (secondary N) is 1. The molecule has 1 aliphatic heterocycles. The third kappa shape index (κ3) is 3.63. The molecule has 1 aromatic carbocycles. The van der Waals surface area contributed by atoms with E-state index < -0.39 is 0 Å². The van der Waals surface area contributed by atoms with Gasteiger partial charge in [0.2, 0.25) is 11.8 Å². The summed E-state index contributed by atoms with van der Waals surface area (Å²) >= 11 is 0. The van der Waals surface area contributed by atoms with E-state index in [0.717, 1.165) is 12.8 Å². The highest BCUT2D eigenvalue weighted by atomic mass is 16.2. The molecule has 1 heterocycles. The van der Waals surface area contributed by atoms with Crippen molar-refractivity contribution in [3.63, 3.8) is 0 Å². The highest BCUT2D eigenvalue weighted by molar-refractivity contribution is 5.87. The lowest BCUT2D eigenvalue weighted by Crippen LogP contribution is -2.48. The number of hydrogen-bond donors (Lipinski definition) is 1. The van der Waals surface area contributed by atoms with Crippen LogP contribution in [0.15, 0.2) is 30.3 Å². The summed E-state index contributed by atoms with van der Waals surface area (Å²) in [5, 5.41) is 3.02. The van der Waals surface area contributed by atoms with Crippen molar-refractivity contribution in [2.24, 2.45) is 0 Å². The molecule has 0 bridgehead atoms. The fraction of sp³-hybridized carbons (Fsp3) is 0.529. The first kappa shape index (κ1) is 15.5. The van der Waals surface area contributed by atoms with Gasteiger partial charge in [0.1, 0.15) is 6.04 Å². The Morgan fingerprint density at radius 1 is 1.29 bits per heavy atom. The van der Waals surface area contributed by atoms with Gasteiger partial charge in [-0.3, -0.25) is 9.59 Å². The molecule has 4 heteroatoms. The normalized spacial score (nSPS) is 18.6. The van der Waals surface area contributed by atoms with Crippen LogP contribution in [0, 0.1) is 0 Å². The highest BCUT2D eigenvalue weighted by Gasteiger charge is 2.33. The van der Waals surface area contributed by atoms with Crippen LogP contribution < -0.4 is 5.32 Å². The molecule has 1 saturated heterocycles. The van der Waals surface area contributed by atoms with Crippen molar-refractivity contribution in [1.29, 1.82) is 0 Å². The number of rotatable bonds is 4. The summed E-state index contributed by atoms with van der Waals surface area (Å²) in [4.78, 5) is 25.5. The van der Waals surface area contributed by atoms with Crippen LogP contribution in [-0.4, -0.2) is 35.8 Å². The summed E-state index contributed by atoms with van der Waals surface area (Å²) in [5.74, 6) is -0.0540. The van der Waals surface area contributed by atoms with Gasteiger partial charge in [0, 0.05) is 25.4 Å². The first-order chi connectivity index (χ1) is 9.92. The van der Waals surface area contributed by atoms with Crippen molar-refractivity contribution in [2.45, 2.75) is 45.1 Å². The van der Waals surface area contributed by atoms with Gasteiger partial charge in [0.05, 0.1) is 0 Å². The summed E-state index contributed by atoms with van der Waals surface area (Å²) in [6.07, 6.45) is 1.66. The van der Waals surface area contributed by atoms with E-state index in [1.165, 1.54) is 12.5 Å². The molecule has 1 atom stereocenters. The average Bonchev–Trinajstić information content (AvgIpc) is 2.95. The predicted octanol–water partition coefficient (Wildman–Crippen LogP) is 2.09. The Hall–Kier alpha value is -1.84. The van der Waals surface area contributed by atoms with Gasteiger partial charge < -0.3 is 10.2 Å². The van der Waals surface area contributed by atoms with Crippen LogP contribution in [-0.2, 0) is 15.0 Å². The lowest BCUT2D eigenvalue weighted by Gasteiger charge is -2.28. The van der Waals surface area contributed by atoms with Crippen molar-refractivity contribution in [3.05, 3.63) is 35.9 Å². The minimum atomic E-state index is -0.297. The Bertz CT molecular complexity index is 511. The topological polar surface area (TPSA) is 49.4 Å². The molecule has 2 amide bonds. The van der Waals surface area contributed by atoms with Gasteiger partial charge in [-0.2, -0.15) is 0 Å². The molecule has 114 valence electrons. The van der Waals surface area contributed by atoms with E-state index in [1.807, 2.05) is 18.2 Å². The van der Waals surface area contributed by atoms with Crippen LogP contribution in [0.2, 0.25) is 0 Å². The van der Waals surface area contributed by atoms with E-state index in [9.17, 15) is 9.59 Å². The molecule has 0 aromatic heterocycles. The standard InChI is InChI=1S/C17H24N2O2/c1-13(20)19-11-7-10-15(19)16(21)18-12-17(2,3)14-8-5-4-6-9-14/h4-6,8-9,15H,7,10-12H2,1-3H3,(H,18,21). The number of carbonyl (C=O) groups is 2. The molecule has 1 aromatic rings. The van der Waals surface area contributed by atoms with Crippen LogP contribution in [0.25, 0.3) is 0 Å². The van der Waals surface area contributed by atoms with Crippen LogP contribution in [0.5, 0.6) is 0 Å². The second kappa shape index (κ2) is 6.29. The fourth-order valence-electron chi connectivity index (χ4n) is 2.83. The summed E-state index contributed by atoms with van der Waals surface area (Å²) in [5.41, 5.74) is 1.07. The van der Waals surface area contributed by atoms with Gasteiger partial charge in [-0.15, -0.1) is 0 Å². The van der Waals surface area contributed by atoms with Crippen molar-refractivity contribution in [2.75, 3.05) is 13.1 Å². The Kier molecular flexibility index (Phi) is 4.66. The zero-order chi connectivity index (χ0) is 15.5. The quantitative estimate of drug-likeness (QED) is 0.922. The molecular weight excluding hydrogens is 264 g/mol. The molecule has 0 radical (unpaired) electrons. The smallest absolute Gasteiger partial charge is 0.242 e. The van der Waals surface area contributed by atoms with Gasteiger partial charge in [-0.05, 0) is 18.4 Å². The number of likely N-dealkylation sites (tertiary alicyclic amines) is 1. The maximum Gasteiger partial charge on any atom is 0.242 e. The fourth-order valence-corrected chi connectivity index (χ4v) is 2.83. The minimum Gasteiger partial charge on any atom is -0.353 e. The second-order valence-corrected chi connectivity index (χ2v) is 6.34. The molecular formula is C17H24N2O2. The van der Waals surface area contributed by atoms with Crippen molar-refractivity contribution in [1.82, 2.24) is 10.2 Å². The Morgan fingerprint density at radius 3 is 2.57 bits per heavy atom. The highest BCUT2D eigenvalue weighted by Crippen LogP contribution is 2.22. The molecule has 1 aliphatic rings. The molecule has 1 N–H and O–H groups in total. The van der Waals surface area contributed by atoms with Crippen molar-refractivity contribution >= 4 is 11.8 Å². The van der Waals surface area contributed by atoms with Gasteiger partial charge in [-0.1, -0.05) is 44.2 Å². The number of benzene rings is 1. The van der Waals surface area contributed by atoms with Crippen molar-refractivity contribution in [3.8, 4) is 0 Å². The maximum absolute atomic E-state index is 12.3. The molecule has 0 spiro atoms. The van der Waals surface area contributed by atoms with Crippen molar-refractivity contribution < 1.29 is 9.59 Å². The summed E-state index contributed by atoms with van der Waals surface area (Å²) in [6.45, 7) is 7.01. The van der Waals surface area contributed by atoms with E-state index >= 15 is 0 Å². The van der Waals surface area contributed by atoms with Crippen LogP contribution in [0.3, 0.4) is 0 Å². The zero-order valence-electron chi connectivity index (χ0n) is 13.1. The Morgan fingerprint density at radius 2 is 1.95 bits per heavy atom. The molecule has 1 fully saturated rings. The number of hydrogen-bond acceptors (Lipinski definition) is 2. The Labute approximate surface area is 126 Å². The number of carbonyl (C=O) groups excluding carboxylic acids is 2. The van der Waals surface area contributed by atoms with E-state index in [2.05, 4.69) is 31.3 Å². The summed E-state index contributed by atoms with van der Waals surface area (Å²) in [7, 11) is 0. The molecule has 4 nitrogen and oxygen atoms in total. The molecule has 0 aliphatic carbocycles. The van der Waals surface area contributed by atoms with Crippen LogP contribution >= 0.6 is 0 Å². The van der Waals surface area contributed by atoms with Gasteiger partial charge in [0.15, 0.2) is 0 Å². The van der Waals surface area contributed by atoms with Crippen LogP contribution in [0.4, 0.5) is 0 Å². The lowest BCUT2D eigenvalue weighted by atomic mass is 9.84. The maximum atomic E-state index is 12.3. The predicted molar refractivity (Wildman–Crippen MR) is 82.9 cm³/mol. The Balaban J connectivity index is 1.96. The summed E-state index contributed by atoms with van der Waals surface area (Å²) in [6, 6.07) is 9.85. The van der Waals surface area contributed by atoms with Crippen LogP contribution in [0.1, 0.15) is 39.2 Å². The zero-order valence-corrected chi connectivity index (χ0v) is 13.1. The SMILES string of the molecule is CC(=O)N1CCCC1C(=O)NCC(C)(C)c1ccccc1. The number of nitrogens with zero attached hydrogens (tertiary/aromatic N) is 1. The third-order valence-electron chi connectivity index (χ3n) is 4.22. The average molecular weight is 288 g/mol. The van der Waals surface area contributed by atoms with Gasteiger partial charge in [0.25, 0.3) is 0 Å². The largest absolute Gasteiger partial charge is 0.353 e. The summed E-state index contributed by atoms with van der Waals surface area (Å²) < 4.78 is 0. The first-order valence-electron chi connectivity index (χ1n) is 7.52.